The zero-order chi connectivity index (χ0) is 25.0. The molecule has 0 N–H and O–H groups in total. The molecule has 2 aromatic carbocycles. The van der Waals surface area contributed by atoms with Gasteiger partial charge in [0.05, 0.1) is 24.0 Å². The minimum atomic E-state index is 0.578. The van der Waals surface area contributed by atoms with Crippen LogP contribution >= 0.6 is 0 Å². The van der Waals surface area contributed by atoms with E-state index in [9.17, 15) is 0 Å². The second-order valence-corrected chi connectivity index (χ2v) is 8.05. The van der Waals surface area contributed by atoms with Gasteiger partial charge in [-0.25, -0.2) is 9.97 Å². The van der Waals surface area contributed by atoms with Gasteiger partial charge in [-0.15, -0.1) is 0 Å². The standard InChI is InChI=1S/C32H26N2O2/c1-3-5-21-35-31-23-27-16-15-26-13-10-19-33-29(26)14-8-7-11-25-12-9-20-34-30(25)18-17-28(27)24-32(31)36-22-6-4-2/h9-10,12-13,19-20,23-24H,3-6,21-22H2,1-2H3. The van der Waals surface area contributed by atoms with Crippen LogP contribution in [0.3, 0.4) is 0 Å². The predicted octanol–water partition coefficient (Wildman–Crippen LogP) is 6.94. The molecule has 2 aromatic heterocycles. The quantitative estimate of drug-likeness (QED) is 0.262. The van der Waals surface area contributed by atoms with Crippen LogP contribution in [0, 0.1) is 48.5 Å². The van der Waals surface area contributed by atoms with Gasteiger partial charge in [0.25, 0.3) is 0 Å². The third-order valence-corrected chi connectivity index (χ3v) is 5.30. The van der Waals surface area contributed by atoms with Crippen molar-refractivity contribution in [2.75, 3.05) is 13.2 Å². The van der Waals surface area contributed by atoms with Crippen LogP contribution in [0.4, 0.5) is 0 Å². The zero-order valence-electron chi connectivity index (χ0n) is 20.6. The average molecular weight is 471 g/mol. The molecule has 0 aliphatic rings. The van der Waals surface area contributed by atoms with Gasteiger partial charge >= 0.3 is 0 Å². The Morgan fingerprint density at radius 2 is 1.11 bits per heavy atom. The molecular weight excluding hydrogens is 444 g/mol. The Bertz CT molecular complexity index is 1320. The van der Waals surface area contributed by atoms with E-state index in [1.807, 2.05) is 36.4 Å². The third-order valence-electron chi connectivity index (χ3n) is 5.30. The monoisotopic (exact) mass is 470 g/mol. The molecule has 4 heteroatoms. The summed E-state index contributed by atoms with van der Waals surface area (Å²) < 4.78 is 12.2. The van der Waals surface area contributed by atoms with Crippen molar-refractivity contribution in [2.45, 2.75) is 39.5 Å². The van der Waals surface area contributed by atoms with E-state index in [2.05, 4.69) is 72.3 Å². The lowest BCUT2D eigenvalue weighted by atomic mass is 10.1. The molecule has 0 spiro atoms. The molecule has 0 bridgehead atoms. The highest BCUT2D eigenvalue weighted by Gasteiger charge is 2.08. The number of hydrogen-bond acceptors (Lipinski definition) is 4. The first kappa shape index (κ1) is 24.5. The molecular formula is C32H26N2O2. The van der Waals surface area contributed by atoms with Crippen molar-refractivity contribution in [3.63, 3.8) is 0 Å². The summed E-state index contributed by atoms with van der Waals surface area (Å²) in [6.07, 6.45) is 7.40. The molecule has 4 nitrogen and oxygen atoms in total. The predicted molar refractivity (Wildman–Crippen MR) is 141 cm³/mol. The van der Waals surface area contributed by atoms with Crippen LogP contribution in [0.2, 0.25) is 0 Å². The van der Waals surface area contributed by atoms with Crippen LogP contribution in [0.15, 0.2) is 48.8 Å². The maximum Gasteiger partial charge on any atom is 0.162 e. The highest BCUT2D eigenvalue weighted by Crippen LogP contribution is 2.31. The van der Waals surface area contributed by atoms with Gasteiger partial charge in [-0.2, -0.15) is 0 Å². The topological polar surface area (TPSA) is 44.2 Å². The van der Waals surface area contributed by atoms with E-state index in [1.54, 1.807) is 12.4 Å². The summed E-state index contributed by atoms with van der Waals surface area (Å²) in [5.41, 5.74) is 1.16. The minimum Gasteiger partial charge on any atom is -0.490 e. The molecule has 0 amide bonds. The first-order valence-corrected chi connectivity index (χ1v) is 12.2. The van der Waals surface area contributed by atoms with Gasteiger partial charge in [0, 0.05) is 35.3 Å². The minimum absolute atomic E-state index is 0.578. The Labute approximate surface area is 213 Å². The lowest BCUT2D eigenvalue weighted by Gasteiger charge is -2.12. The van der Waals surface area contributed by atoms with Crippen molar-refractivity contribution in [1.82, 2.24) is 9.97 Å². The van der Waals surface area contributed by atoms with E-state index in [0.29, 0.717) is 41.1 Å². The summed E-state index contributed by atoms with van der Waals surface area (Å²) in [6, 6.07) is 36.0. The second-order valence-electron chi connectivity index (χ2n) is 8.05. The van der Waals surface area contributed by atoms with E-state index >= 15 is 0 Å². The van der Waals surface area contributed by atoms with Crippen LogP contribution in [-0.4, -0.2) is 23.2 Å². The van der Waals surface area contributed by atoms with Crippen molar-refractivity contribution in [3.05, 3.63) is 97.3 Å². The lowest BCUT2D eigenvalue weighted by Crippen LogP contribution is -2.02. The van der Waals surface area contributed by atoms with E-state index in [1.165, 1.54) is 0 Å². The van der Waals surface area contributed by atoms with Gasteiger partial charge in [-0.05, 0) is 67.4 Å². The summed E-state index contributed by atoms with van der Waals surface area (Å²) in [5.74, 6) is 1.34. The maximum absolute atomic E-state index is 6.10. The zero-order valence-corrected chi connectivity index (χ0v) is 20.6. The third kappa shape index (κ3) is 6.48. The highest BCUT2D eigenvalue weighted by molar-refractivity contribution is 5.84. The fourth-order valence-corrected chi connectivity index (χ4v) is 3.31. The molecule has 176 valence electrons. The molecule has 4 aromatic rings. The van der Waals surface area contributed by atoms with E-state index in [-0.39, 0.29) is 0 Å². The van der Waals surface area contributed by atoms with E-state index < -0.39 is 0 Å². The van der Waals surface area contributed by atoms with Crippen molar-refractivity contribution in [1.29, 1.82) is 0 Å². The molecule has 0 saturated carbocycles. The molecule has 0 aliphatic heterocycles. The van der Waals surface area contributed by atoms with Crippen molar-refractivity contribution < 1.29 is 9.47 Å². The molecule has 0 atom stereocenters. The number of benzene rings is 1. The second kappa shape index (κ2) is 12.7. The molecule has 0 radical (unpaired) electrons. The van der Waals surface area contributed by atoms with Crippen LogP contribution in [-0.2, 0) is 0 Å². The van der Waals surface area contributed by atoms with Crippen LogP contribution in [0.5, 0.6) is 11.5 Å². The number of ether oxygens (including phenoxy) is 2. The maximum atomic E-state index is 6.10. The van der Waals surface area contributed by atoms with Crippen molar-refractivity contribution in [3.8, 4) is 11.5 Å². The Morgan fingerprint density at radius 1 is 0.611 bits per heavy atom. The van der Waals surface area contributed by atoms with Crippen molar-refractivity contribution in [2.24, 2.45) is 0 Å². The van der Waals surface area contributed by atoms with Gasteiger partial charge in [0.2, 0.25) is 0 Å². The fourth-order valence-electron chi connectivity index (χ4n) is 3.31. The van der Waals surface area contributed by atoms with Crippen LogP contribution in [0.1, 0.15) is 39.5 Å². The van der Waals surface area contributed by atoms with Gasteiger partial charge < -0.3 is 9.47 Å². The molecule has 0 unspecified atom stereocenters. The number of nitrogens with zero attached hydrogens (tertiary/aromatic N) is 2. The number of pyridine rings is 2. The summed E-state index contributed by atoms with van der Waals surface area (Å²) >= 11 is 0. The molecule has 4 rings (SSSR count). The SMILES string of the molecule is CCCCOc1cc2c#cc3cccnc3c#cc#cc3cccnc3c#cc2cc1OCCCC. The highest BCUT2D eigenvalue weighted by atomic mass is 16.5. The number of fused-ring (bicyclic) bond motifs is 3. The number of rotatable bonds is 8. The van der Waals surface area contributed by atoms with Crippen molar-refractivity contribution >= 4 is 32.6 Å². The first-order valence-electron chi connectivity index (χ1n) is 12.2. The lowest BCUT2D eigenvalue weighted by molar-refractivity contribution is 0.262. The number of hydrogen-bond donors (Lipinski definition) is 0. The Hall–Kier alpha value is -4.64. The van der Waals surface area contributed by atoms with Crippen LogP contribution in [0.25, 0.3) is 32.6 Å². The van der Waals surface area contributed by atoms with Gasteiger partial charge in [-0.1, -0.05) is 44.9 Å². The van der Waals surface area contributed by atoms with Gasteiger partial charge in [0.1, 0.15) is 11.0 Å². The largest absolute Gasteiger partial charge is 0.490 e. The molecule has 0 saturated heterocycles. The van der Waals surface area contributed by atoms with E-state index in [4.69, 9.17) is 9.47 Å². The summed E-state index contributed by atoms with van der Waals surface area (Å²) in [7, 11) is 0. The number of aromatic nitrogens is 2. The normalized spacial score (nSPS) is 9.72. The smallest absolute Gasteiger partial charge is 0.162 e. The fraction of sp³-hybridized carbons (Fsp3) is 0.250. The summed E-state index contributed by atoms with van der Waals surface area (Å²) in [5, 5.41) is 2.90. The van der Waals surface area contributed by atoms with E-state index in [0.717, 1.165) is 41.8 Å². The van der Waals surface area contributed by atoms with Gasteiger partial charge in [-0.3, -0.25) is 0 Å². The Balaban J connectivity index is 2.00. The molecule has 36 heavy (non-hydrogen) atoms. The van der Waals surface area contributed by atoms with Crippen LogP contribution < -0.4 is 9.47 Å². The molecule has 0 fully saturated rings. The summed E-state index contributed by atoms with van der Waals surface area (Å²) in [6.45, 7) is 5.49. The Morgan fingerprint density at radius 3 is 1.72 bits per heavy atom. The molecule has 2 heterocycles. The Kier molecular flexibility index (Phi) is 8.65. The van der Waals surface area contributed by atoms with Gasteiger partial charge in [0.15, 0.2) is 11.5 Å². The summed E-state index contributed by atoms with van der Waals surface area (Å²) in [4.78, 5) is 8.80. The molecule has 0 aliphatic carbocycles. The average Bonchev–Trinajstić information content (AvgIpc) is 2.90. The number of unbranched alkanes of at least 4 members (excludes halogenated alkanes) is 2. The first-order chi connectivity index (χ1) is 17.8.